The lowest BCUT2D eigenvalue weighted by Crippen LogP contribution is -2.24. The van der Waals surface area contributed by atoms with Crippen molar-refractivity contribution in [1.82, 2.24) is 0 Å². The van der Waals surface area contributed by atoms with Crippen LogP contribution in [-0.4, -0.2) is 6.61 Å². The van der Waals surface area contributed by atoms with Crippen molar-refractivity contribution in [2.75, 3.05) is 6.61 Å². The third kappa shape index (κ3) is 5.22. The van der Waals surface area contributed by atoms with Gasteiger partial charge in [0.15, 0.2) is 11.6 Å². The number of aryl methyl sites for hydroxylation is 1. The summed E-state index contributed by atoms with van der Waals surface area (Å²) in [5, 5.41) is 0. The standard InChI is InChI=1S/C26H36F2O/c1-18-6-15-24(26(28)25(18)27)29-17-21-9-13-23(14-10-21)22-11-7-20(8-12-22)16-19-4-2-3-5-19/h6,9,15,19-20,22-23H,2-5,7-8,10-14,16-17H2,1H3. The van der Waals surface area contributed by atoms with Gasteiger partial charge >= 0.3 is 0 Å². The number of ether oxygens (including phenoxy) is 1. The van der Waals surface area contributed by atoms with E-state index >= 15 is 0 Å². The molecule has 1 aromatic rings. The zero-order chi connectivity index (χ0) is 20.2. The van der Waals surface area contributed by atoms with Gasteiger partial charge in [0, 0.05) is 0 Å². The van der Waals surface area contributed by atoms with Crippen molar-refractivity contribution in [3.8, 4) is 5.75 Å². The Morgan fingerprint density at radius 3 is 2.28 bits per heavy atom. The molecule has 2 saturated carbocycles. The summed E-state index contributed by atoms with van der Waals surface area (Å²) in [5.41, 5.74) is 1.55. The normalized spacial score (nSPS) is 28.4. The summed E-state index contributed by atoms with van der Waals surface area (Å²) in [6.45, 7) is 1.94. The third-order valence-electron chi connectivity index (χ3n) is 7.90. The zero-order valence-corrected chi connectivity index (χ0v) is 17.9. The van der Waals surface area contributed by atoms with Crippen LogP contribution in [0, 0.1) is 42.2 Å². The van der Waals surface area contributed by atoms with Crippen molar-refractivity contribution < 1.29 is 13.5 Å². The van der Waals surface area contributed by atoms with E-state index in [4.69, 9.17) is 4.74 Å². The molecule has 0 amide bonds. The van der Waals surface area contributed by atoms with Crippen LogP contribution in [0.1, 0.15) is 82.6 Å². The first-order valence-electron chi connectivity index (χ1n) is 11.9. The summed E-state index contributed by atoms with van der Waals surface area (Å²) in [4.78, 5) is 0. The molecule has 0 bridgehead atoms. The highest BCUT2D eigenvalue weighted by molar-refractivity contribution is 5.30. The number of halogens is 2. The zero-order valence-electron chi connectivity index (χ0n) is 17.9. The fourth-order valence-electron chi connectivity index (χ4n) is 5.99. The molecule has 1 nitrogen and oxygen atoms in total. The minimum absolute atomic E-state index is 0.0247. The predicted molar refractivity (Wildman–Crippen MR) is 114 cm³/mol. The highest BCUT2D eigenvalue weighted by Crippen LogP contribution is 2.42. The third-order valence-corrected chi connectivity index (χ3v) is 7.90. The van der Waals surface area contributed by atoms with E-state index in [1.165, 1.54) is 75.8 Å². The van der Waals surface area contributed by atoms with Gasteiger partial charge in [-0.25, -0.2) is 4.39 Å². The fourth-order valence-corrected chi connectivity index (χ4v) is 5.99. The van der Waals surface area contributed by atoms with E-state index in [0.29, 0.717) is 12.2 Å². The number of allylic oxidation sites excluding steroid dienone is 1. The van der Waals surface area contributed by atoms with Crippen molar-refractivity contribution in [1.29, 1.82) is 0 Å². The average molecular weight is 403 g/mol. The highest BCUT2D eigenvalue weighted by atomic mass is 19.2. The molecular weight excluding hydrogens is 366 g/mol. The summed E-state index contributed by atoms with van der Waals surface area (Å²) in [5.74, 6) is 2.07. The van der Waals surface area contributed by atoms with Crippen LogP contribution >= 0.6 is 0 Å². The van der Waals surface area contributed by atoms with Gasteiger partial charge in [0.25, 0.3) is 0 Å². The van der Waals surface area contributed by atoms with Gasteiger partial charge in [0.2, 0.25) is 5.82 Å². The smallest absolute Gasteiger partial charge is 0.200 e. The molecule has 160 valence electrons. The van der Waals surface area contributed by atoms with E-state index in [1.54, 1.807) is 13.0 Å². The van der Waals surface area contributed by atoms with Gasteiger partial charge in [0.1, 0.15) is 6.61 Å². The Morgan fingerprint density at radius 1 is 0.862 bits per heavy atom. The Hall–Kier alpha value is -1.38. The molecule has 0 aliphatic heterocycles. The largest absolute Gasteiger partial charge is 0.486 e. The Bertz CT molecular complexity index is 712. The van der Waals surface area contributed by atoms with Crippen molar-refractivity contribution >= 4 is 0 Å². The Balaban J connectivity index is 1.21. The summed E-state index contributed by atoms with van der Waals surface area (Å²) in [6.07, 6.45) is 18.8. The molecule has 0 N–H and O–H groups in total. The van der Waals surface area contributed by atoms with Gasteiger partial charge < -0.3 is 4.74 Å². The molecule has 0 heterocycles. The van der Waals surface area contributed by atoms with Gasteiger partial charge in [-0.05, 0) is 86.3 Å². The van der Waals surface area contributed by atoms with E-state index in [2.05, 4.69) is 6.08 Å². The maximum absolute atomic E-state index is 14.0. The topological polar surface area (TPSA) is 9.23 Å². The molecule has 3 aliphatic carbocycles. The maximum Gasteiger partial charge on any atom is 0.200 e. The van der Waals surface area contributed by atoms with Crippen LogP contribution in [0.4, 0.5) is 8.78 Å². The van der Waals surface area contributed by atoms with E-state index in [0.717, 1.165) is 36.5 Å². The lowest BCUT2D eigenvalue weighted by Gasteiger charge is -2.36. The van der Waals surface area contributed by atoms with Crippen LogP contribution in [0.25, 0.3) is 0 Å². The average Bonchev–Trinajstić information content (AvgIpc) is 3.26. The van der Waals surface area contributed by atoms with E-state index in [-0.39, 0.29) is 5.75 Å². The van der Waals surface area contributed by atoms with E-state index in [1.807, 2.05) is 0 Å². The first-order chi connectivity index (χ1) is 14.1. The summed E-state index contributed by atoms with van der Waals surface area (Å²) >= 11 is 0. The first-order valence-corrected chi connectivity index (χ1v) is 11.9. The Labute approximate surface area is 174 Å². The summed E-state index contributed by atoms with van der Waals surface area (Å²) in [6, 6.07) is 3.10. The molecule has 2 fully saturated rings. The highest BCUT2D eigenvalue weighted by Gasteiger charge is 2.30. The lowest BCUT2D eigenvalue weighted by molar-refractivity contribution is 0.174. The summed E-state index contributed by atoms with van der Waals surface area (Å²) in [7, 11) is 0. The quantitative estimate of drug-likeness (QED) is 0.442. The van der Waals surface area contributed by atoms with E-state index in [9.17, 15) is 8.78 Å². The maximum atomic E-state index is 14.0. The SMILES string of the molecule is Cc1ccc(OCC2=CCC(C3CCC(CC4CCCC4)CC3)CC2)c(F)c1F. The molecule has 3 heteroatoms. The van der Waals surface area contributed by atoms with Crippen LogP contribution in [-0.2, 0) is 0 Å². The second-order valence-electron chi connectivity index (χ2n) is 9.86. The second-order valence-corrected chi connectivity index (χ2v) is 9.86. The van der Waals surface area contributed by atoms with Gasteiger partial charge in [-0.3, -0.25) is 0 Å². The number of rotatable bonds is 6. The molecule has 0 aromatic heterocycles. The molecule has 4 rings (SSSR count). The Morgan fingerprint density at radius 2 is 1.59 bits per heavy atom. The van der Waals surface area contributed by atoms with Crippen molar-refractivity contribution in [2.24, 2.45) is 23.7 Å². The molecule has 1 aromatic carbocycles. The Kier molecular flexibility index (Phi) is 6.92. The monoisotopic (exact) mass is 402 g/mol. The number of benzene rings is 1. The van der Waals surface area contributed by atoms with Crippen molar-refractivity contribution in [2.45, 2.75) is 84.0 Å². The van der Waals surface area contributed by atoms with Crippen LogP contribution in [0.15, 0.2) is 23.8 Å². The molecule has 1 unspecified atom stereocenters. The molecule has 0 saturated heterocycles. The number of hydrogen-bond acceptors (Lipinski definition) is 1. The van der Waals surface area contributed by atoms with Crippen molar-refractivity contribution in [3.05, 3.63) is 41.0 Å². The van der Waals surface area contributed by atoms with Gasteiger partial charge in [-0.1, -0.05) is 50.7 Å². The van der Waals surface area contributed by atoms with E-state index < -0.39 is 11.6 Å². The second kappa shape index (κ2) is 9.62. The minimum Gasteiger partial charge on any atom is -0.486 e. The van der Waals surface area contributed by atoms with Crippen LogP contribution in [0.2, 0.25) is 0 Å². The first kappa shape index (κ1) is 20.9. The van der Waals surface area contributed by atoms with Gasteiger partial charge in [-0.15, -0.1) is 0 Å². The molecule has 3 aliphatic rings. The minimum atomic E-state index is -0.867. The van der Waals surface area contributed by atoms with Crippen LogP contribution in [0.5, 0.6) is 5.75 Å². The van der Waals surface area contributed by atoms with Crippen LogP contribution in [0.3, 0.4) is 0 Å². The van der Waals surface area contributed by atoms with Crippen molar-refractivity contribution in [3.63, 3.8) is 0 Å². The molecule has 0 radical (unpaired) electrons. The van der Waals surface area contributed by atoms with Crippen LogP contribution < -0.4 is 4.74 Å². The lowest BCUT2D eigenvalue weighted by atomic mass is 9.70. The molecule has 0 spiro atoms. The predicted octanol–water partition coefficient (Wildman–Crippen LogP) is 7.77. The molecule has 1 atom stereocenters. The van der Waals surface area contributed by atoms with Gasteiger partial charge in [0.05, 0.1) is 0 Å². The molecule has 29 heavy (non-hydrogen) atoms. The molecular formula is C26H36F2O. The fraction of sp³-hybridized carbons (Fsp3) is 0.692. The number of hydrogen-bond donors (Lipinski definition) is 0. The van der Waals surface area contributed by atoms with Gasteiger partial charge in [-0.2, -0.15) is 4.39 Å². The summed E-state index contributed by atoms with van der Waals surface area (Å²) < 4.78 is 33.2.